The predicted molar refractivity (Wildman–Crippen MR) is 67.8 cm³/mol. The Balaban J connectivity index is 2.14. The van der Waals surface area contributed by atoms with Crippen molar-refractivity contribution in [2.75, 3.05) is 5.32 Å². The summed E-state index contributed by atoms with van der Waals surface area (Å²) in [5.41, 5.74) is 1.93. The number of thiophene rings is 1. The maximum Gasteiger partial charge on any atom is 0.142 e. The molecule has 1 aromatic carbocycles. The summed E-state index contributed by atoms with van der Waals surface area (Å²) in [5, 5.41) is 7.46. The Bertz CT molecular complexity index is 470. The number of anilines is 1. The molecule has 0 aliphatic heterocycles. The quantitative estimate of drug-likeness (QED) is 0.837. The third-order valence-corrected chi connectivity index (χ3v) is 3.34. The first kappa shape index (κ1) is 11.4. The largest absolute Gasteiger partial charge is 0.378 e. The first-order valence-corrected chi connectivity index (χ1v) is 6.22. The first-order valence-electron chi connectivity index (χ1n) is 4.90. The molecule has 0 saturated carbocycles. The molecule has 0 spiro atoms. The van der Waals surface area contributed by atoms with Crippen molar-refractivity contribution in [2.24, 2.45) is 0 Å². The van der Waals surface area contributed by atoms with E-state index in [4.69, 9.17) is 11.6 Å². The molecule has 2 aromatic rings. The van der Waals surface area contributed by atoms with Crippen molar-refractivity contribution in [1.82, 2.24) is 0 Å². The molecule has 0 radical (unpaired) electrons. The minimum atomic E-state index is -0.377. The van der Waals surface area contributed by atoms with Crippen LogP contribution in [0.5, 0.6) is 0 Å². The van der Waals surface area contributed by atoms with Crippen molar-refractivity contribution < 1.29 is 4.39 Å². The molecule has 2 rings (SSSR count). The summed E-state index contributed by atoms with van der Waals surface area (Å²) in [6.07, 6.45) is 0. The number of rotatable bonds is 3. The van der Waals surface area contributed by atoms with Crippen molar-refractivity contribution in [2.45, 2.75) is 13.0 Å². The molecule has 1 nitrogen and oxygen atoms in total. The van der Waals surface area contributed by atoms with Crippen LogP contribution < -0.4 is 5.32 Å². The van der Waals surface area contributed by atoms with E-state index in [-0.39, 0.29) is 16.9 Å². The Labute approximate surface area is 103 Å². The van der Waals surface area contributed by atoms with Gasteiger partial charge in [0.25, 0.3) is 0 Å². The van der Waals surface area contributed by atoms with Gasteiger partial charge in [0.2, 0.25) is 0 Å². The molecule has 0 fully saturated rings. The maximum absolute atomic E-state index is 13.3. The highest BCUT2D eigenvalue weighted by molar-refractivity contribution is 7.08. The molecule has 0 bridgehead atoms. The average Bonchev–Trinajstić information content (AvgIpc) is 2.74. The van der Waals surface area contributed by atoms with Crippen molar-refractivity contribution in [3.8, 4) is 0 Å². The van der Waals surface area contributed by atoms with Crippen LogP contribution in [-0.4, -0.2) is 0 Å². The Morgan fingerprint density at radius 3 is 2.81 bits per heavy atom. The Morgan fingerprint density at radius 2 is 2.19 bits per heavy atom. The van der Waals surface area contributed by atoms with E-state index in [0.717, 1.165) is 11.3 Å². The molecule has 1 unspecified atom stereocenters. The highest BCUT2D eigenvalue weighted by Gasteiger charge is 2.08. The average molecular weight is 256 g/mol. The molecule has 0 saturated heterocycles. The summed E-state index contributed by atoms with van der Waals surface area (Å²) < 4.78 is 13.3. The molecule has 1 N–H and O–H groups in total. The van der Waals surface area contributed by atoms with Gasteiger partial charge in [-0.15, -0.1) is 0 Å². The van der Waals surface area contributed by atoms with Crippen LogP contribution in [0.4, 0.5) is 10.1 Å². The third-order valence-electron chi connectivity index (χ3n) is 2.35. The normalized spacial score (nSPS) is 12.4. The lowest BCUT2D eigenvalue weighted by atomic mass is 10.1. The smallest absolute Gasteiger partial charge is 0.142 e. The molecule has 0 aliphatic rings. The van der Waals surface area contributed by atoms with Crippen LogP contribution in [0.2, 0.25) is 5.02 Å². The number of halogens is 2. The summed E-state index contributed by atoms with van der Waals surface area (Å²) in [6.45, 7) is 1.99. The van der Waals surface area contributed by atoms with Crippen molar-refractivity contribution in [1.29, 1.82) is 0 Å². The van der Waals surface area contributed by atoms with Crippen LogP contribution in [0, 0.1) is 5.82 Å². The number of nitrogens with one attached hydrogen (secondary N) is 1. The number of benzene rings is 1. The molecule has 84 valence electrons. The van der Waals surface area contributed by atoms with Crippen LogP contribution in [0.3, 0.4) is 0 Å². The van der Waals surface area contributed by atoms with E-state index >= 15 is 0 Å². The molecule has 16 heavy (non-hydrogen) atoms. The first-order chi connectivity index (χ1) is 7.66. The van der Waals surface area contributed by atoms with E-state index < -0.39 is 0 Å². The van der Waals surface area contributed by atoms with E-state index in [0.29, 0.717) is 0 Å². The lowest BCUT2D eigenvalue weighted by Crippen LogP contribution is -2.06. The fraction of sp³-hybridized carbons (Fsp3) is 0.167. The van der Waals surface area contributed by atoms with Gasteiger partial charge in [0, 0.05) is 17.1 Å². The van der Waals surface area contributed by atoms with Gasteiger partial charge in [-0.3, -0.25) is 0 Å². The summed E-state index contributed by atoms with van der Waals surface area (Å²) in [4.78, 5) is 0. The van der Waals surface area contributed by atoms with Gasteiger partial charge >= 0.3 is 0 Å². The predicted octanol–water partition coefficient (Wildman–Crippen LogP) is 4.71. The van der Waals surface area contributed by atoms with Gasteiger partial charge in [-0.25, -0.2) is 4.39 Å². The second-order valence-corrected chi connectivity index (χ2v) is 4.74. The van der Waals surface area contributed by atoms with Crippen LogP contribution in [0.25, 0.3) is 0 Å². The summed E-state index contributed by atoms with van der Waals surface area (Å²) in [5.74, 6) is -0.377. The van der Waals surface area contributed by atoms with Gasteiger partial charge in [0.15, 0.2) is 0 Å². The molecule has 1 heterocycles. The van der Waals surface area contributed by atoms with Crippen molar-refractivity contribution in [3.63, 3.8) is 0 Å². The third kappa shape index (κ3) is 2.54. The molecular weight excluding hydrogens is 245 g/mol. The highest BCUT2D eigenvalue weighted by atomic mass is 35.5. The van der Waals surface area contributed by atoms with Gasteiger partial charge in [-0.1, -0.05) is 17.7 Å². The van der Waals surface area contributed by atoms with E-state index in [2.05, 4.69) is 5.32 Å². The molecule has 0 amide bonds. The zero-order valence-corrected chi connectivity index (χ0v) is 10.3. The molecule has 1 atom stereocenters. The molecular formula is C12H11ClFNS. The maximum atomic E-state index is 13.3. The van der Waals surface area contributed by atoms with Gasteiger partial charge in [0.1, 0.15) is 5.82 Å². The lowest BCUT2D eigenvalue weighted by Gasteiger charge is -2.14. The van der Waals surface area contributed by atoms with Crippen LogP contribution in [-0.2, 0) is 0 Å². The van der Waals surface area contributed by atoms with Crippen LogP contribution in [0.15, 0.2) is 35.0 Å². The van der Waals surface area contributed by atoms with Gasteiger partial charge in [-0.05, 0) is 36.1 Å². The second kappa shape index (κ2) is 4.85. The van der Waals surface area contributed by atoms with Crippen LogP contribution in [0.1, 0.15) is 18.5 Å². The van der Waals surface area contributed by atoms with E-state index in [1.54, 1.807) is 17.4 Å². The van der Waals surface area contributed by atoms with Crippen molar-refractivity contribution >= 4 is 28.6 Å². The lowest BCUT2D eigenvalue weighted by molar-refractivity contribution is 0.624. The van der Waals surface area contributed by atoms with Gasteiger partial charge < -0.3 is 5.32 Å². The highest BCUT2D eigenvalue weighted by Crippen LogP contribution is 2.24. The zero-order chi connectivity index (χ0) is 11.5. The number of hydrogen-bond donors (Lipinski definition) is 1. The molecule has 0 aliphatic carbocycles. The molecule has 4 heteroatoms. The van der Waals surface area contributed by atoms with Gasteiger partial charge in [0.05, 0.1) is 5.02 Å². The minimum Gasteiger partial charge on any atom is -0.378 e. The summed E-state index contributed by atoms with van der Waals surface area (Å²) in [6, 6.07) is 6.93. The number of hydrogen-bond acceptors (Lipinski definition) is 2. The summed E-state index contributed by atoms with van der Waals surface area (Å²) in [7, 11) is 0. The van der Waals surface area contributed by atoms with E-state index in [1.165, 1.54) is 6.07 Å². The topological polar surface area (TPSA) is 12.0 Å². The van der Waals surface area contributed by atoms with Crippen molar-refractivity contribution in [3.05, 3.63) is 51.4 Å². The standard InChI is InChI=1S/C12H11ClFNS/c1-8(15-10-4-5-16-7-10)9-2-3-11(13)12(14)6-9/h2-8,15H,1H3. The van der Waals surface area contributed by atoms with E-state index in [9.17, 15) is 4.39 Å². The Morgan fingerprint density at radius 1 is 1.38 bits per heavy atom. The van der Waals surface area contributed by atoms with Gasteiger partial charge in [-0.2, -0.15) is 11.3 Å². The monoisotopic (exact) mass is 255 g/mol. The van der Waals surface area contributed by atoms with Crippen LogP contribution >= 0.6 is 22.9 Å². The zero-order valence-electron chi connectivity index (χ0n) is 8.71. The Hall–Kier alpha value is -1.06. The fourth-order valence-electron chi connectivity index (χ4n) is 1.46. The second-order valence-electron chi connectivity index (χ2n) is 3.55. The molecule has 1 aromatic heterocycles. The summed E-state index contributed by atoms with van der Waals surface area (Å²) >= 11 is 7.26. The SMILES string of the molecule is CC(Nc1ccsc1)c1ccc(Cl)c(F)c1. The van der Waals surface area contributed by atoms with E-state index in [1.807, 2.05) is 29.8 Å². The Kier molecular flexibility index (Phi) is 3.46. The minimum absolute atomic E-state index is 0.0568. The fourth-order valence-corrected chi connectivity index (χ4v) is 2.18.